The Morgan fingerprint density at radius 1 is 0.429 bits per heavy atom. The molecule has 0 heterocycles. The molecule has 0 aromatic rings. The SMILES string of the molecule is Br.O.O.O.O.O.[Zn]. The Morgan fingerprint density at radius 3 is 0.429 bits per heavy atom. The van der Waals surface area contributed by atoms with Crippen LogP contribution in [0.3, 0.4) is 0 Å². The molecule has 5 nitrogen and oxygen atoms in total. The van der Waals surface area contributed by atoms with Crippen molar-refractivity contribution in [3.05, 3.63) is 0 Å². The average molecular weight is 236 g/mol. The third-order valence-electron chi connectivity index (χ3n) is 0. The molecule has 0 bridgehead atoms. The van der Waals surface area contributed by atoms with Crippen LogP contribution in [0.5, 0.6) is 0 Å². The molecular formula is H11BrO5Zn. The van der Waals surface area contributed by atoms with Crippen molar-refractivity contribution >= 4 is 17.0 Å². The van der Waals surface area contributed by atoms with Crippen molar-refractivity contribution < 1.29 is 46.9 Å². The minimum Gasteiger partial charge on any atom is -0.412 e. The first-order valence-electron chi connectivity index (χ1n) is 0. The van der Waals surface area contributed by atoms with Gasteiger partial charge in [0.25, 0.3) is 0 Å². The Labute approximate surface area is 64.2 Å². The van der Waals surface area contributed by atoms with E-state index in [1.165, 1.54) is 0 Å². The normalized spacial score (nSPS) is 0. The van der Waals surface area contributed by atoms with Crippen molar-refractivity contribution in [2.45, 2.75) is 0 Å². The van der Waals surface area contributed by atoms with Crippen molar-refractivity contribution in [2.75, 3.05) is 0 Å². The van der Waals surface area contributed by atoms with E-state index in [1.54, 1.807) is 0 Å². The first-order chi connectivity index (χ1) is 0. The van der Waals surface area contributed by atoms with Crippen LogP contribution in [0.25, 0.3) is 0 Å². The number of halogens is 1. The van der Waals surface area contributed by atoms with Crippen molar-refractivity contribution in [1.29, 1.82) is 0 Å². The summed E-state index contributed by atoms with van der Waals surface area (Å²) < 4.78 is 0. The van der Waals surface area contributed by atoms with Crippen LogP contribution < -0.4 is 0 Å². The van der Waals surface area contributed by atoms with Gasteiger partial charge in [-0.05, 0) is 0 Å². The van der Waals surface area contributed by atoms with Gasteiger partial charge in [-0.25, -0.2) is 0 Å². The van der Waals surface area contributed by atoms with Crippen LogP contribution in [-0.2, 0) is 19.5 Å². The zero-order chi connectivity index (χ0) is 0. The van der Waals surface area contributed by atoms with Gasteiger partial charge >= 0.3 is 0 Å². The monoisotopic (exact) mass is 234 g/mol. The second-order valence-corrected chi connectivity index (χ2v) is 0. The number of hydrogen-bond donors (Lipinski definition) is 0. The van der Waals surface area contributed by atoms with Gasteiger partial charge in [-0.3, -0.25) is 0 Å². The van der Waals surface area contributed by atoms with Crippen LogP contribution in [-0.4, -0.2) is 27.4 Å². The van der Waals surface area contributed by atoms with Crippen molar-refractivity contribution in [3.8, 4) is 0 Å². The molecule has 0 aromatic heterocycles. The molecule has 0 radical (unpaired) electrons. The zero-order valence-corrected chi connectivity index (χ0v) is 8.30. The third-order valence-corrected chi connectivity index (χ3v) is 0. The molecular weight excluding hydrogens is 225 g/mol. The van der Waals surface area contributed by atoms with E-state index in [2.05, 4.69) is 0 Å². The summed E-state index contributed by atoms with van der Waals surface area (Å²) in [5, 5.41) is 0. The van der Waals surface area contributed by atoms with Crippen LogP contribution in [0.15, 0.2) is 0 Å². The third kappa shape index (κ3) is 203. The summed E-state index contributed by atoms with van der Waals surface area (Å²) in [6.07, 6.45) is 0. The Balaban J connectivity index is 0. The average Bonchev–Trinajstić information content (AvgIpc) is 0. The van der Waals surface area contributed by atoms with Crippen LogP contribution in [0.4, 0.5) is 0 Å². The molecule has 0 aliphatic heterocycles. The fraction of sp³-hybridized carbons (Fsp3) is 0. The summed E-state index contributed by atoms with van der Waals surface area (Å²) in [4.78, 5) is 0. The summed E-state index contributed by atoms with van der Waals surface area (Å²) in [6, 6.07) is 0. The fourth-order valence-electron chi connectivity index (χ4n) is 0. The molecule has 0 aliphatic rings. The summed E-state index contributed by atoms with van der Waals surface area (Å²) >= 11 is 0. The van der Waals surface area contributed by atoms with E-state index < -0.39 is 0 Å². The summed E-state index contributed by atoms with van der Waals surface area (Å²) in [5.41, 5.74) is 0. The van der Waals surface area contributed by atoms with E-state index in [-0.39, 0.29) is 63.8 Å². The number of rotatable bonds is 0. The van der Waals surface area contributed by atoms with Gasteiger partial charge in [0.2, 0.25) is 0 Å². The molecule has 0 aliphatic carbocycles. The Bertz CT molecular complexity index is 8.04. The second-order valence-electron chi connectivity index (χ2n) is 0. The Kier molecular flexibility index (Phi) is 19400. The van der Waals surface area contributed by atoms with Gasteiger partial charge in [0.15, 0.2) is 0 Å². The maximum absolute atomic E-state index is 0. The molecule has 0 saturated carbocycles. The molecule has 0 unspecified atom stereocenters. The van der Waals surface area contributed by atoms with Crippen molar-refractivity contribution in [1.82, 2.24) is 0 Å². The van der Waals surface area contributed by atoms with Crippen LogP contribution in [0, 0.1) is 0 Å². The second kappa shape index (κ2) is 295. The van der Waals surface area contributed by atoms with Gasteiger partial charge < -0.3 is 27.4 Å². The summed E-state index contributed by atoms with van der Waals surface area (Å²) in [6.45, 7) is 0. The van der Waals surface area contributed by atoms with Crippen LogP contribution >= 0.6 is 17.0 Å². The molecule has 50 valence electrons. The minimum absolute atomic E-state index is 0. The maximum atomic E-state index is 0. The molecule has 7 heavy (non-hydrogen) atoms. The first kappa shape index (κ1) is 462. The van der Waals surface area contributed by atoms with Gasteiger partial charge in [-0.15, -0.1) is 17.0 Å². The van der Waals surface area contributed by atoms with Gasteiger partial charge in [0, 0.05) is 19.5 Å². The van der Waals surface area contributed by atoms with Gasteiger partial charge in [-0.2, -0.15) is 0 Å². The molecule has 0 fully saturated rings. The van der Waals surface area contributed by atoms with E-state index >= 15 is 0 Å². The van der Waals surface area contributed by atoms with Crippen molar-refractivity contribution in [3.63, 3.8) is 0 Å². The van der Waals surface area contributed by atoms with Gasteiger partial charge in [0.05, 0.1) is 0 Å². The first-order valence-corrected chi connectivity index (χ1v) is 0. The van der Waals surface area contributed by atoms with Gasteiger partial charge in [0.1, 0.15) is 0 Å². The molecule has 7 heteroatoms. The van der Waals surface area contributed by atoms with E-state index in [4.69, 9.17) is 0 Å². The molecule has 10 N–H and O–H groups in total. The molecule has 0 rings (SSSR count). The van der Waals surface area contributed by atoms with Crippen LogP contribution in [0.2, 0.25) is 0 Å². The molecule has 0 spiro atoms. The summed E-state index contributed by atoms with van der Waals surface area (Å²) in [7, 11) is 0. The summed E-state index contributed by atoms with van der Waals surface area (Å²) in [5.74, 6) is 0. The molecule has 0 aromatic carbocycles. The van der Waals surface area contributed by atoms with E-state index in [1.807, 2.05) is 0 Å². The minimum atomic E-state index is 0. The maximum Gasteiger partial charge on any atom is 0 e. The largest absolute Gasteiger partial charge is 0.412 e. The smallest absolute Gasteiger partial charge is 0 e. The zero-order valence-electron chi connectivity index (χ0n) is 3.62. The quantitative estimate of drug-likeness (QED) is 0.381. The topological polar surface area (TPSA) is 158 Å². The Hall–Kier alpha value is 0.903. The predicted octanol–water partition coefficient (Wildman–Crippen LogP) is -3.55. The molecule has 0 atom stereocenters. The van der Waals surface area contributed by atoms with Gasteiger partial charge in [-0.1, -0.05) is 0 Å². The van der Waals surface area contributed by atoms with E-state index in [0.29, 0.717) is 0 Å². The Morgan fingerprint density at radius 2 is 0.429 bits per heavy atom. The van der Waals surface area contributed by atoms with Crippen molar-refractivity contribution in [2.24, 2.45) is 0 Å². The number of hydrogen-bond acceptors (Lipinski definition) is 0. The predicted molar refractivity (Wildman–Crippen MR) is 28.4 cm³/mol. The fourth-order valence-corrected chi connectivity index (χ4v) is 0. The van der Waals surface area contributed by atoms with E-state index in [0.717, 1.165) is 0 Å². The van der Waals surface area contributed by atoms with E-state index in [9.17, 15) is 0 Å². The van der Waals surface area contributed by atoms with Crippen LogP contribution in [0.1, 0.15) is 0 Å². The standard InChI is InChI=1S/BrH.5H2O.Zn/h1H;5*1H2;. The molecule has 0 saturated heterocycles. The molecule has 0 amide bonds.